The molecule has 1 heteroatoms. The van der Waals surface area contributed by atoms with E-state index < -0.39 is 0 Å². The Kier molecular flexibility index (Phi) is 3.92. The summed E-state index contributed by atoms with van der Waals surface area (Å²) in [5, 5.41) is 3.49. The molecule has 84 valence electrons. The predicted molar refractivity (Wildman–Crippen MR) is 67.2 cm³/mol. The van der Waals surface area contributed by atoms with Crippen molar-refractivity contribution in [3.63, 3.8) is 0 Å². The Balaban J connectivity index is 2.88. The van der Waals surface area contributed by atoms with Gasteiger partial charge in [-0.2, -0.15) is 0 Å². The third-order valence-electron chi connectivity index (χ3n) is 2.92. The van der Waals surface area contributed by atoms with Crippen LogP contribution in [-0.2, 0) is 5.54 Å². The van der Waals surface area contributed by atoms with Gasteiger partial charge in [0.2, 0.25) is 0 Å². The van der Waals surface area contributed by atoms with Crippen LogP contribution in [0.5, 0.6) is 0 Å². The zero-order valence-electron chi connectivity index (χ0n) is 10.6. The van der Waals surface area contributed by atoms with Crippen LogP contribution in [0.3, 0.4) is 0 Å². The van der Waals surface area contributed by atoms with Gasteiger partial charge in [-0.15, -0.1) is 0 Å². The van der Waals surface area contributed by atoms with Crippen LogP contribution in [-0.4, -0.2) is 6.54 Å². The van der Waals surface area contributed by atoms with E-state index in [1.807, 2.05) is 0 Å². The average Bonchev–Trinajstić information content (AvgIpc) is 2.18. The Morgan fingerprint density at radius 3 is 2.07 bits per heavy atom. The minimum Gasteiger partial charge on any atom is -0.308 e. The summed E-state index contributed by atoms with van der Waals surface area (Å²) in [4.78, 5) is 0. The molecule has 1 aromatic carbocycles. The van der Waals surface area contributed by atoms with Gasteiger partial charge >= 0.3 is 0 Å². The number of nitrogens with one attached hydrogen (secondary N) is 1. The second-order valence-corrected chi connectivity index (χ2v) is 4.93. The molecule has 1 rings (SSSR count). The Morgan fingerprint density at radius 1 is 1.13 bits per heavy atom. The largest absolute Gasteiger partial charge is 0.308 e. The van der Waals surface area contributed by atoms with Gasteiger partial charge in [-0.3, -0.25) is 0 Å². The lowest BCUT2D eigenvalue weighted by Crippen LogP contribution is -2.36. The molecule has 0 aromatic heterocycles. The Bertz CT molecular complexity index is 296. The zero-order valence-corrected chi connectivity index (χ0v) is 10.6. The zero-order chi connectivity index (χ0) is 11.5. The van der Waals surface area contributed by atoms with E-state index in [1.165, 1.54) is 11.1 Å². The monoisotopic (exact) mass is 205 g/mol. The van der Waals surface area contributed by atoms with Crippen molar-refractivity contribution in [2.45, 2.75) is 46.1 Å². The highest BCUT2D eigenvalue weighted by Crippen LogP contribution is 2.22. The molecule has 0 unspecified atom stereocenters. The fourth-order valence-corrected chi connectivity index (χ4v) is 1.83. The number of hydrogen-bond acceptors (Lipinski definition) is 1. The van der Waals surface area contributed by atoms with Gasteiger partial charge in [0.25, 0.3) is 0 Å². The lowest BCUT2D eigenvalue weighted by molar-refractivity contribution is 0.415. The van der Waals surface area contributed by atoms with E-state index >= 15 is 0 Å². The van der Waals surface area contributed by atoms with Crippen molar-refractivity contribution in [2.75, 3.05) is 6.54 Å². The van der Waals surface area contributed by atoms with Crippen LogP contribution >= 0.6 is 0 Å². The maximum Gasteiger partial charge on any atom is 0.0377 e. The molecular weight excluding hydrogens is 182 g/mol. The highest BCUT2D eigenvalue weighted by molar-refractivity contribution is 5.29. The summed E-state index contributed by atoms with van der Waals surface area (Å²) in [5.74, 6) is 0.612. The topological polar surface area (TPSA) is 12.0 Å². The van der Waals surface area contributed by atoms with Crippen LogP contribution < -0.4 is 5.32 Å². The van der Waals surface area contributed by atoms with Gasteiger partial charge in [0, 0.05) is 5.54 Å². The van der Waals surface area contributed by atoms with Crippen molar-refractivity contribution in [3.05, 3.63) is 35.4 Å². The standard InChI is InChI=1S/C14H23N/c1-6-15-14(4,5)13-9-7-12(8-10-13)11(2)3/h7-11,15H,6H2,1-5H3. The molecule has 0 aliphatic heterocycles. The maximum atomic E-state index is 3.49. The van der Waals surface area contributed by atoms with Crippen molar-refractivity contribution in [3.8, 4) is 0 Å². The number of rotatable bonds is 4. The minimum atomic E-state index is 0.0737. The van der Waals surface area contributed by atoms with Crippen LogP contribution in [0.25, 0.3) is 0 Å². The normalized spacial score (nSPS) is 12.1. The van der Waals surface area contributed by atoms with Crippen molar-refractivity contribution in [1.29, 1.82) is 0 Å². The Hall–Kier alpha value is -0.820. The molecule has 0 amide bonds. The second kappa shape index (κ2) is 4.80. The quantitative estimate of drug-likeness (QED) is 0.791. The van der Waals surface area contributed by atoms with Crippen LogP contribution in [0.4, 0.5) is 0 Å². The van der Waals surface area contributed by atoms with Gasteiger partial charge in [-0.1, -0.05) is 45.0 Å². The minimum absolute atomic E-state index is 0.0737. The van der Waals surface area contributed by atoms with Crippen LogP contribution in [0.15, 0.2) is 24.3 Å². The van der Waals surface area contributed by atoms with Gasteiger partial charge in [0.15, 0.2) is 0 Å². The smallest absolute Gasteiger partial charge is 0.0377 e. The van der Waals surface area contributed by atoms with Crippen molar-refractivity contribution >= 4 is 0 Å². The van der Waals surface area contributed by atoms with Gasteiger partial charge in [-0.05, 0) is 37.4 Å². The van der Waals surface area contributed by atoms with E-state index in [0.29, 0.717) is 5.92 Å². The first-order chi connectivity index (χ1) is 6.97. The van der Waals surface area contributed by atoms with Crippen LogP contribution in [0.1, 0.15) is 51.7 Å². The third-order valence-corrected chi connectivity index (χ3v) is 2.92. The summed E-state index contributed by atoms with van der Waals surface area (Å²) in [6.45, 7) is 12.0. The van der Waals surface area contributed by atoms with E-state index in [-0.39, 0.29) is 5.54 Å². The molecule has 0 aliphatic rings. The van der Waals surface area contributed by atoms with E-state index in [0.717, 1.165) is 6.54 Å². The highest BCUT2D eigenvalue weighted by atomic mass is 14.9. The van der Waals surface area contributed by atoms with Crippen molar-refractivity contribution in [2.24, 2.45) is 0 Å². The molecule has 0 heterocycles. The fourth-order valence-electron chi connectivity index (χ4n) is 1.83. The lowest BCUT2D eigenvalue weighted by Gasteiger charge is -2.26. The van der Waals surface area contributed by atoms with Gasteiger partial charge < -0.3 is 5.32 Å². The average molecular weight is 205 g/mol. The number of hydrogen-bond donors (Lipinski definition) is 1. The molecule has 0 fully saturated rings. The predicted octanol–water partition coefficient (Wildman–Crippen LogP) is 3.65. The third kappa shape index (κ3) is 3.07. The van der Waals surface area contributed by atoms with Crippen LogP contribution in [0.2, 0.25) is 0 Å². The molecule has 0 saturated heterocycles. The highest BCUT2D eigenvalue weighted by Gasteiger charge is 2.18. The van der Waals surface area contributed by atoms with Crippen LogP contribution in [0, 0.1) is 0 Å². The van der Waals surface area contributed by atoms with E-state index in [9.17, 15) is 0 Å². The fraction of sp³-hybridized carbons (Fsp3) is 0.571. The first kappa shape index (κ1) is 12.3. The summed E-state index contributed by atoms with van der Waals surface area (Å²) >= 11 is 0. The molecule has 0 spiro atoms. The Labute approximate surface area is 93.9 Å². The van der Waals surface area contributed by atoms with Gasteiger partial charge in [-0.25, -0.2) is 0 Å². The first-order valence-electron chi connectivity index (χ1n) is 5.83. The van der Waals surface area contributed by atoms with Crippen molar-refractivity contribution < 1.29 is 0 Å². The summed E-state index contributed by atoms with van der Waals surface area (Å²) in [6, 6.07) is 8.94. The maximum absolute atomic E-state index is 3.49. The molecule has 0 radical (unpaired) electrons. The summed E-state index contributed by atoms with van der Waals surface area (Å²) < 4.78 is 0. The summed E-state index contributed by atoms with van der Waals surface area (Å²) in [7, 11) is 0. The molecule has 15 heavy (non-hydrogen) atoms. The molecule has 0 atom stereocenters. The second-order valence-electron chi connectivity index (χ2n) is 4.93. The molecular formula is C14H23N. The van der Waals surface area contributed by atoms with E-state index in [2.05, 4.69) is 64.2 Å². The molecule has 0 bridgehead atoms. The van der Waals surface area contributed by atoms with E-state index in [4.69, 9.17) is 0 Å². The molecule has 1 aromatic rings. The SMILES string of the molecule is CCNC(C)(C)c1ccc(C(C)C)cc1. The van der Waals surface area contributed by atoms with Crippen molar-refractivity contribution in [1.82, 2.24) is 5.32 Å². The van der Waals surface area contributed by atoms with E-state index in [1.54, 1.807) is 0 Å². The molecule has 0 aliphatic carbocycles. The molecule has 0 saturated carbocycles. The summed E-state index contributed by atoms with van der Waals surface area (Å²) in [6.07, 6.45) is 0. The van der Waals surface area contributed by atoms with Gasteiger partial charge in [0.1, 0.15) is 0 Å². The molecule has 1 nitrogen and oxygen atoms in total. The first-order valence-corrected chi connectivity index (χ1v) is 5.83. The Morgan fingerprint density at radius 2 is 1.67 bits per heavy atom. The number of benzene rings is 1. The lowest BCUT2D eigenvalue weighted by atomic mass is 9.92. The van der Waals surface area contributed by atoms with Gasteiger partial charge in [0.05, 0.1) is 0 Å². The summed E-state index contributed by atoms with van der Waals surface area (Å²) in [5.41, 5.74) is 2.84. The molecule has 1 N–H and O–H groups in total.